The number of sulfone groups is 1. The minimum absolute atomic E-state index is 0.240. The molecule has 7 heteroatoms. The molecule has 30 heavy (non-hydrogen) atoms. The quantitative estimate of drug-likeness (QED) is 0.339. The summed E-state index contributed by atoms with van der Waals surface area (Å²) in [7, 11) is 8.97. The fourth-order valence-electron chi connectivity index (χ4n) is 2.84. The first kappa shape index (κ1) is 21.7. The van der Waals surface area contributed by atoms with Crippen LogP contribution in [0.15, 0.2) is 77.7 Å². The second-order valence-electron chi connectivity index (χ2n) is 6.73. The minimum atomic E-state index is -3.95. The molecule has 0 aliphatic carbocycles. The van der Waals surface area contributed by atoms with E-state index < -0.39 is 15.6 Å². The van der Waals surface area contributed by atoms with Gasteiger partial charge in [-0.1, -0.05) is 71.6 Å². The van der Waals surface area contributed by atoms with Crippen LogP contribution >= 0.6 is 0 Å². The van der Waals surface area contributed by atoms with Crippen molar-refractivity contribution in [2.45, 2.75) is 5.75 Å². The fourth-order valence-corrected chi connectivity index (χ4v) is 4.34. The lowest BCUT2D eigenvalue weighted by Crippen LogP contribution is -2.17. The first-order valence-corrected chi connectivity index (χ1v) is 10.8. The molecule has 0 spiro atoms. The van der Waals surface area contributed by atoms with E-state index in [0.717, 1.165) is 0 Å². The number of Topliss-reactive ketones (excluding diaryl/α,β-unsaturated/α-hetero) is 1. The van der Waals surface area contributed by atoms with E-state index in [-0.39, 0.29) is 16.2 Å². The molecule has 0 aliphatic heterocycles. The Hall–Kier alpha value is -3.05. The van der Waals surface area contributed by atoms with Gasteiger partial charge in [0.25, 0.3) is 0 Å². The van der Waals surface area contributed by atoms with Gasteiger partial charge in [0, 0.05) is 5.56 Å². The van der Waals surface area contributed by atoms with Crippen LogP contribution in [0.4, 0.5) is 0 Å². The zero-order chi connectivity index (χ0) is 21.7. The molecule has 0 heterocycles. The summed E-state index contributed by atoms with van der Waals surface area (Å²) in [5, 5.41) is 0. The molecule has 0 saturated heterocycles. The van der Waals surface area contributed by atoms with Gasteiger partial charge >= 0.3 is 0 Å². The molecule has 0 fully saturated rings. The number of carbonyl (C=O) groups excluding carboxylic acids is 1. The van der Waals surface area contributed by atoms with E-state index in [9.17, 15) is 13.2 Å². The summed E-state index contributed by atoms with van der Waals surface area (Å²) in [6.45, 7) is 0. The van der Waals surface area contributed by atoms with Crippen molar-refractivity contribution < 1.29 is 17.9 Å². The third-order valence-corrected chi connectivity index (χ3v) is 6.17. The van der Waals surface area contributed by atoms with Crippen LogP contribution in [0.1, 0.15) is 21.5 Å². The summed E-state index contributed by atoms with van der Waals surface area (Å²) in [5.74, 6) is -0.300. The average Bonchev–Trinajstić information content (AvgIpc) is 2.73. The largest absolute Gasteiger partial charge is 0.497 e. The van der Waals surface area contributed by atoms with Gasteiger partial charge in [-0.05, 0) is 29.3 Å². The molecule has 4 radical (unpaired) electrons. The number of methoxy groups -OCH3 is 1. The Morgan fingerprint density at radius 2 is 1.40 bits per heavy atom. The van der Waals surface area contributed by atoms with Crippen LogP contribution in [0.2, 0.25) is 0 Å². The molecule has 3 aromatic rings. The van der Waals surface area contributed by atoms with Gasteiger partial charge in [0.15, 0.2) is 9.84 Å². The Bertz CT molecular complexity index is 1170. The van der Waals surface area contributed by atoms with Crippen LogP contribution < -0.4 is 15.7 Å². The maximum Gasteiger partial charge on any atom is 0.204 e. The molecule has 0 N–H and O–H groups in total. The lowest BCUT2D eigenvalue weighted by molar-refractivity contribution is 0.104. The number of rotatable bonds is 7. The molecule has 0 amide bonds. The van der Waals surface area contributed by atoms with Crippen molar-refractivity contribution in [2.24, 2.45) is 0 Å². The van der Waals surface area contributed by atoms with E-state index in [0.29, 0.717) is 27.8 Å². The lowest BCUT2D eigenvalue weighted by Gasteiger charge is -2.10. The minimum Gasteiger partial charge on any atom is -0.497 e. The summed E-state index contributed by atoms with van der Waals surface area (Å²) in [6.07, 6.45) is 1.37. The van der Waals surface area contributed by atoms with E-state index >= 15 is 0 Å². The fraction of sp³-hybridized carbons (Fsp3) is 0.0870. The van der Waals surface area contributed by atoms with Gasteiger partial charge in [-0.2, -0.15) is 0 Å². The molecule has 3 aromatic carbocycles. The number of ketones is 1. The number of hydrogen-bond donors (Lipinski definition) is 0. The molecule has 0 aliphatic rings. The van der Waals surface area contributed by atoms with Gasteiger partial charge in [0.1, 0.15) is 26.3 Å². The molecule has 0 aromatic heterocycles. The molecular formula is C23H18B2O4S. The van der Waals surface area contributed by atoms with Crippen LogP contribution in [0.5, 0.6) is 5.75 Å². The summed E-state index contributed by atoms with van der Waals surface area (Å²) >= 11 is 0. The molecule has 0 saturated carbocycles. The van der Waals surface area contributed by atoms with Crippen molar-refractivity contribution in [2.75, 3.05) is 7.11 Å². The van der Waals surface area contributed by atoms with E-state index in [2.05, 4.69) is 0 Å². The normalized spacial score (nSPS) is 11.8. The van der Waals surface area contributed by atoms with Crippen LogP contribution in [0.25, 0.3) is 6.08 Å². The van der Waals surface area contributed by atoms with E-state index in [4.69, 9.17) is 20.4 Å². The number of benzene rings is 3. The highest BCUT2D eigenvalue weighted by Gasteiger charge is 2.26. The first-order valence-electron chi connectivity index (χ1n) is 9.11. The van der Waals surface area contributed by atoms with Crippen LogP contribution in [-0.2, 0) is 15.6 Å². The average molecular weight is 412 g/mol. The molecule has 0 atom stereocenters. The third kappa shape index (κ3) is 5.30. The molecular weight excluding hydrogens is 394 g/mol. The number of allylic oxidation sites excluding steroid dienone is 1. The highest BCUT2D eigenvalue weighted by atomic mass is 32.2. The van der Waals surface area contributed by atoms with Crippen LogP contribution in [0, 0.1) is 0 Å². The van der Waals surface area contributed by atoms with Crippen LogP contribution in [-0.4, -0.2) is 37.0 Å². The number of carbonyl (C=O) groups is 1. The van der Waals surface area contributed by atoms with Gasteiger partial charge in [-0.3, -0.25) is 4.79 Å². The standard InChI is InChI=1S/C23H18B2O4S/c1-29-21-12-4-17(5-13-21)15-30(27,28)22(14-16-2-8-19(24)9-3-16)23(26)18-6-10-20(25)11-7-18/h2-14H,15H2,1H3/b22-14-. The SMILES string of the molecule is [B]c1ccc(/C=C(/C(=O)c2ccc([B])cc2)S(=O)(=O)Cc2ccc(OC)cc2)cc1. The summed E-state index contributed by atoms with van der Waals surface area (Å²) in [5.41, 5.74) is 2.37. The zero-order valence-corrected chi connectivity index (χ0v) is 17.2. The maximum atomic E-state index is 13.2. The molecule has 4 nitrogen and oxygen atoms in total. The smallest absolute Gasteiger partial charge is 0.204 e. The lowest BCUT2D eigenvalue weighted by atomic mass is 9.94. The highest BCUT2D eigenvalue weighted by molar-refractivity contribution is 7.95. The van der Waals surface area contributed by atoms with E-state index in [1.807, 2.05) is 0 Å². The second kappa shape index (κ2) is 9.18. The van der Waals surface area contributed by atoms with Crippen molar-refractivity contribution in [3.8, 4) is 5.75 Å². The van der Waals surface area contributed by atoms with Crippen molar-refractivity contribution in [1.29, 1.82) is 0 Å². The first-order chi connectivity index (χ1) is 14.3. The second-order valence-corrected chi connectivity index (χ2v) is 8.69. The summed E-state index contributed by atoms with van der Waals surface area (Å²) in [4.78, 5) is 12.8. The van der Waals surface area contributed by atoms with Gasteiger partial charge in [-0.15, -0.1) is 0 Å². The topological polar surface area (TPSA) is 60.4 Å². The Labute approximate surface area is 179 Å². The van der Waals surface area contributed by atoms with Crippen molar-refractivity contribution in [3.63, 3.8) is 0 Å². The summed E-state index contributed by atoms with van der Waals surface area (Å²) in [6, 6.07) is 19.4. The Balaban J connectivity index is 2.03. The molecule has 0 bridgehead atoms. The van der Waals surface area contributed by atoms with Crippen molar-refractivity contribution in [1.82, 2.24) is 0 Å². The zero-order valence-electron chi connectivity index (χ0n) is 16.4. The third-order valence-electron chi connectivity index (χ3n) is 4.48. The molecule has 3 rings (SSSR count). The highest BCUT2D eigenvalue weighted by Crippen LogP contribution is 2.23. The van der Waals surface area contributed by atoms with Crippen molar-refractivity contribution in [3.05, 3.63) is 94.4 Å². The van der Waals surface area contributed by atoms with Gasteiger partial charge in [-0.25, -0.2) is 8.42 Å². The van der Waals surface area contributed by atoms with E-state index in [1.165, 1.54) is 25.3 Å². The Morgan fingerprint density at radius 3 is 1.93 bits per heavy atom. The van der Waals surface area contributed by atoms with Crippen molar-refractivity contribution >= 4 is 48.3 Å². The number of hydrogen-bond acceptors (Lipinski definition) is 4. The van der Waals surface area contributed by atoms with E-state index in [1.54, 1.807) is 60.7 Å². The Kier molecular flexibility index (Phi) is 6.63. The molecule has 0 unspecified atom stereocenters. The molecule has 146 valence electrons. The van der Waals surface area contributed by atoms with Gasteiger partial charge < -0.3 is 4.74 Å². The van der Waals surface area contributed by atoms with Gasteiger partial charge in [0.05, 0.1) is 12.9 Å². The summed E-state index contributed by atoms with van der Waals surface area (Å²) < 4.78 is 31.6. The Morgan fingerprint density at radius 1 is 0.867 bits per heavy atom. The monoisotopic (exact) mass is 412 g/mol. The van der Waals surface area contributed by atoms with Gasteiger partial charge in [0.2, 0.25) is 5.78 Å². The van der Waals surface area contributed by atoms with Crippen LogP contribution in [0.3, 0.4) is 0 Å². The maximum absolute atomic E-state index is 13.2. The predicted molar refractivity (Wildman–Crippen MR) is 122 cm³/mol. The predicted octanol–water partition coefficient (Wildman–Crippen LogP) is 2.12. The number of ether oxygens (including phenoxy) is 1.